The van der Waals surface area contributed by atoms with Gasteiger partial charge in [0.15, 0.2) is 0 Å². The molecule has 2 heterocycles. The molecule has 0 bridgehead atoms. The molecule has 1 aliphatic carbocycles. The van der Waals surface area contributed by atoms with Gasteiger partial charge >= 0.3 is 0 Å². The molecular weight excluding hydrogens is 388 g/mol. The molecule has 0 spiro atoms. The van der Waals surface area contributed by atoms with Gasteiger partial charge in [-0.1, -0.05) is 58.4 Å². The van der Waals surface area contributed by atoms with Crippen LogP contribution in [0.1, 0.15) is 43.0 Å². The van der Waals surface area contributed by atoms with E-state index in [0.717, 1.165) is 22.2 Å². The number of nitrogens with zero attached hydrogens (tertiary/aromatic N) is 2. The van der Waals surface area contributed by atoms with Crippen molar-refractivity contribution in [2.24, 2.45) is 5.92 Å². The molecule has 26 heavy (non-hydrogen) atoms. The van der Waals surface area contributed by atoms with Crippen LogP contribution in [-0.4, -0.2) is 21.5 Å². The summed E-state index contributed by atoms with van der Waals surface area (Å²) in [7, 11) is 0. The number of carbonyl (C=O) groups excluding carboxylic acids is 1. The first-order valence-electron chi connectivity index (χ1n) is 9.13. The van der Waals surface area contributed by atoms with Gasteiger partial charge in [-0.15, -0.1) is 0 Å². The summed E-state index contributed by atoms with van der Waals surface area (Å²) in [5, 5.41) is 4.32. The van der Waals surface area contributed by atoms with E-state index >= 15 is 0 Å². The smallest absolute Gasteiger partial charge is 0.243 e. The van der Waals surface area contributed by atoms with Crippen LogP contribution in [0.25, 0.3) is 6.08 Å². The van der Waals surface area contributed by atoms with Gasteiger partial charge in [0.2, 0.25) is 5.91 Å². The number of fused-ring (bicyclic) bond motifs is 5. The van der Waals surface area contributed by atoms with Crippen molar-refractivity contribution in [3.8, 4) is 0 Å². The van der Waals surface area contributed by atoms with Crippen molar-refractivity contribution in [2.45, 2.75) is 38.3 Å². The van der Waals surface area contributed by atoms with Gasteiger partial charge in [0.25, 0.3) is 0 Å². The lowest BCUT2D eigenvalue weighted by molar-refractivity contribution is -0.134. The van der Waals surface area contributed by atoms with Gasteiger partial charge in [-0.3, -0.25) is 4.79 Å². The molecule has 2 aliphatic heterocycles. The third kappa shape index (κ3) is 2.18. The first kappa shape index (κ1) is 16.3. The fraction of sp³-hybridized carbons (Fsp3) is 0.318. The van der Waals surface area contributed by atoms with Crippen LogP contribution in [0.4, 0.5) is 0 Å². The normalized spacial score (nSPS) is 27.7. The highest BCUT2D eigenvalue weighted by Crippen LogP contribution is 2.57. The number of benzene rings is 2. The standard InChI is InChI=1S/C22H21BrN2O/c1-22(2)13-20(26)24-19(12-15-8-4-6-10-18(15)23)17-11-14-7-3-5-9-16(14)21(17)25(22)24/h3-10,12,17,21H,11,13H2,1-2H3/b19-12+. The van der Waals surface area contributed by atoms with Crippen molar-refractivity contribution in [2.75, 3.05) is 0 Å². The van der Waals surface area contributed by atoms with Crippen molar-refractivity contribution < 1.29 is 4.79 Å². The Hall–Kier alpha value is -1.91. The lowest BCUT2D eigenvalue weighted by Gasteiger charge is -2.35. The number of rotatable bonds is 1. The summed E-state index contributed by atoms with van der Waals surface area (Å²) in [4.78, 5) is 12.9. The van der Waals surface area contributed by atoms with E-state index in [1.807, 2.05) is 17.1 Å². The first-order valence-corrected chi connectivity index (χ1v) is 9.93. The minimum absolute atomic E-state index is 0.166. The summed E-state index contributed by atoms with van der Waals surface area (Å²) in [6.45, 7) is 4.37. The van der Waals surface area contributed by atoms with Crippen molar-refractivity contribution in [3.05, 3.63) is 75.4 Å². The van der Waals surface area contributed by atoms with E-state index in [4.69, 9.17) is 0 Å². The summed E-state index contributed by atoms with van der Waals surface area (Å²) >= 11 is 3.65. The fourth-order valence-electron chi connectivity index (χ4n) is 4.91. The number of hydrogen-bond donors (Lipinski definition) is 0. The highest BCUT2D eigenvalue weighted by atomic mass is 79.9. The monoisotopic (exact) mass is 408 g/mol. The summed E-state index contributed by atoms with van der Waals surface area (Å²) in [6, 6.07) is 17.2. The van der Waals surface area contributed by atoms with Crippen molar-refractivity contribution in [1.82, 2.24) is 10.0 Å². The molecule has 4 heteroatoms. The van der Waals surface area contributed by atoms with Crippen LogP contribution >= 0.6 is 15.9 Å². The van der Waals surface area contributed by atoms with Gasteiger partial charge in [-0.05, 0) is 49.1 Å². The van der Waals surface area contributed by atoms with Crippen LogP contribution in [-0.2, 0) is 11.2 Å². The van der Waals surface area contributed by atoms with Crippen LogP contribution in [0, 0.1) is 5.92 Å². The number of hydrazine groups is 1. The zero-order valence-electron chi connectivity index (χ0n) is 14.9. The molecule has 3 aliphatic rings. The Morgan fingerprint density at radius 3 is 2.65 bits per heavy atom. The molecule has 132 valence electrons. The van der Waals surface area contributed by atoms with Crippen molar-refractivity contribution in [1.29, 1.82) is 0 Å². The van der Waals surface area contributed by atoms with E-state index in [2.05, 4.69) is 77.3 Å². The highest BCUT2D eigenvalue weighted by molar-refractivity contribution is 9.10. The quantitative estimate of drug-likeness (QED) is 0.666. The average Bonchev–Trinajstić information content (AvgIpc) is 3.18. The Morgan fingerprint density at radius 1 is 1.12 bits per heavy atom. The average molecular weight is 409 g/mol. The molecule has 2 unspecified atom stereocenters. The van der Waals surface area contributed by atoms with Gasteiger partial charge in [-0.25, -0.2) is 5.01 Å². The van der Waals surface area contributed by atoms with Gasteiger partial charge < -0.3 is 0 Å². The Kier molecular flexibility index (Phi) is 3.47. The van der Waals surface area contributed by atoms with Gasteiger partial charge in [0, 0.05) is 28.0 Å². The predicted molar refractivity (Wildman–Crippen MR) is 106 cm³/mol. The summed E-state index contributed by atoms with van der Waals surface area (Å²) in [5.74, 6) is 0.531. The van der Waals surface area contributed by atoms with Crippen LogP contribution in [0.5, 0.6) is 0 Å². The van der Waals surface area contributed by atoms with Crippen LogP contribution in [0.3, 0.4) is 0 Å². The Morgan fingerprint density at radius 2 is 1.85 bits per heavy atom. The molecule has 0 aromatic heterocycles. The zero-order valence-corrected chi connectivity index (χ0v) is 16.5. The van der Waals surface area contributed by atoms with E-state index in [-0.39, 0.29) is 17.5 Å². The van der Waals surface area contributed by atoms with E-state index in [0.29, 0.717) is 12.3 Å². The molecule has 2 fully saturated rings. The maximum Gasteiger partial charge on any atom is 0.243 e. The number of carbonyl (C=O) groups is 1. The minimum atomic E-state index is -0.166. The second-order valence-corrected chi connectivity index (χ2v) is 8.94. The summed E-state index contributed by atoms with van der Waals surface area (Å²) < 4.78 is 1.06. The fourth-order valence-corrected chi connectivity index (χ4v) is 5.30. The summed E-state index contributed by atoms with van der Waals surface area (Å²) in [5.41, 5.74) is 4.88. The molecule has 0 saturated carbocycles. The van der Waals surface area contributed by atoms with Crippen LogP contribution in [0.2, 0.25) is 0 Å². The minimum Gasteiger partial charge on any atom is -0.273 e. The molecule has 5 rings (SSSR count). The first-order chi connectivity index (χ1) is 12.5. The van der Waals surface area contributed by atoms with Gasteiger partial charge in [0.05, 0.1) is 6.04 Å². The van der Waals surface area contributed by atoms with E-state index < -0.39 is 0 Å². The summed E-state index contributed by atoms with van der Waals surface area (Å²) in [6.07, 6.45) is 3.76. The molecule has 1 amide bonds. The topological polar surface area (TPSA) is 23.6 Å². The van der Waals surface area contributed by atoms with Crippen molar-refractivity contribution >= 4 is 27.9 Å². The number of halogens is 1. The maximum absolute atomic E-state index is 12.9. The molecule has 2 aromatic carbocycles. The third-order valence-electron chi connectivity index (χ3n) is 5.95. The second-order valence-electron chi connectivity index (χ2n) is 8.08. The zero-order chi connectivity index (χ0) is 18.1. The van der Waals surface area contributed by atoms with Gasteiger partial charge in [-0.2, -0.15) is 5.01 Å². The molecule has 2 aromatic rings. The van der Waals surface area contributed by atoms with Gasteiger partial charge in [0.1, 0.15) is 0 Å². The lowest BCUT2D eigenvalue weighted by Crippen LogP contribution is -2.43. The van der Waals surface area contributed by atoms with E-state index in [1.54, 1.807) is 0 Å². The molecule has 0 N–H and O–H groups in total. The van der Waals surface area contributed by atoms with Crippen LogP contribution in [0.15, 0.2) is 58.7 Å². The Bertz CT molecular complexity index is 949. The maximum atomic E-state index is 12.9. The second kappa shape index (κ2) is 5.54. The SMILES string of the molecule is CC1(C)CC(=O)N2/C(=C/c3ccccc3Br)C3Cc4ccccc4C3N21. The van der Waals surface area contributed by atoms with Crippen molar-refractivity contribution in [3.63, 3.8) is 0 Å². The molecule has 2 saturated heterocycles. The number of amides is 1. The molecular formula is C22H21BrN2O. The highest BCUT2D eigenvalue weighted by Gasteiger charge is 2.59. The number of hydrogen-bond acceptors (Lipinski definition) is 2. The Balaban J connectivity index is 1.70. The molecule has 2 atom stereocenters. The van der Waals surface area contributed by atoms with Crippen LogP contribution < -0.4 is 0 Å². The molecule has 0 radical (unpaired) electrons. The molecule has 3 nitrogen and oxygen atoms in total. The predicted octanol–water partition coefficient (Wildman–Crippen LogP) is 4.95. The Labute approximate surface area is 162 Å². The lowest BCUT2D eigenvalue weighted by atomic mass is 9.92. The largest absolute Gasteiger partial charge is 0.273 e. The van der Waals surface area contributed by atoms with E-state index in [9.17, 15) is 4.79 Å². The third-order valence-corrected chi connectivity index (χ3v) is 6.67. The van der Waals surface area contributed by atoms with E-state index in [1.165, 1.54) is 11.1 Å².